The summed E-state index contributed by atoms with van der Waals surface area (Å²) in [5.74, 6) is 0.335. The largest absolute Gasteiger partial charge is 0.462 e. The summed E-state index contributed by atoms with van der Waals surface area (Å²) in [5, 5.41) is 0. The Morgan fingerprint density at radius 3 is 2.84 bits per heavy atom. The first kappa shape index (κ1) is 13.3. The molecule has 0 amide bonds. The van der Waals surface area contributed by atoms with Crippen molar-refractivity contribution in [2.45, 2.75) is 26.7 Å². The van der Waals surface area contributed by atoms with Crippen LogP contribution in [0.2, 0.25) is 0 Å². The predicted octanol–water partition coefficient (Wildman–Crippen LogP) is 2.77. The van der Waals surface area contributed by atoms with Crippen molar-refractivity contribution in [3.63, 3.8) is 0 Å². The van der Waals surface area contributed by atoms with E-state index >= 15 is 0 Å². The SMILES string of the molecule is CCOC(=O)c1cnc(-c2ccc[nH]2)nc1C(C)C. The lowest BCUT2D eigenvalue weighted by Gasteiger charge is -2.11. The molecular formula is C14H17N3O2. The molecule has 0 unspecified atom stereocenters. The van der Waals surface area contributed by atoms with Gasteiger partial charge in [0.1, 0.15) is 0 Å². The first-order valence-electron chi connectivity index (χ1n) is 6.31. The van der Waals surface area contributed by atoms with Crippen molar-refractivity contribution < 1.29 is 9.53 Å². The van der Waals surface area contributed by atoms with Gasteiger partial charge in [0.15, 0.2) is 5.82 Å². The number of hydrogen-bond donors (Lipinski definition) is 1. The number of nitrogens with zero attached hydrogens (tertiary/aromatic N) is 2. The van der Waals surface area contributed by atoms with E-state index in [-0.39, 0.29) is 11.9 Å². The molecule has 19 heavy (non-hydrogen) atoms. The fraction of sp³-hybridized carbons (Fsp3) is 0.357. The third kappa shape index (κ3) is 2.81. The van der Waals surface area contributed by atoms with Gasteiger partial charge in [-0.2, -0.15) is 0 Å². The van der Waals surface area contributed by atoms with Crippen molar-refractivity contribution in [3.05, 3.63) is 35.8 Å². The van der Waals surface area contributed by atoms with E-state index in [0.29, 0.717) is 23.7 Å². The Kier molecular flexibility index (Phi) is 3.94. The third-order valence-corrected chi connectivity index (χ3v) is 2.70. The molecule has 0 atom stereocenters. The first-order valence-corrected chi connectivity index (χ1v) is 6.31. The Balaban J connectivity index is 2.44. The standard InChI is InChI=1S/C14H17N3O2/c1-4-19-14(18)10-8-16-13(11-6-5-7-15-11)17-12(10)9(2)3/h5-9,15H,4H2,1-3H3. The molecule has 1 N–H and O–H groups in total. The maximum atomic E-state index is 11.9. The second kappa shape index (κ2) is 5.65. The van der Waals surface area contributed by atoms with Crippen LogP contribution in [-0.4, -0.2) is 27.5 Å². The molecule has 0 aromatic carbocycles. The molecule has 0 aliphatic carbocycles. The molecule has 0 saturated heterocycles. The molecule has 5 heteroatoms. The van der Waals surface area contributed by atoms with Gasteiger partial charge >= 0.3 is 5.97 Å². The van der Waals surface area contributed by atoms with Gasteiger partial charge < -0.3 is 9.72 Å². The number of H-pyrrole nitrogens is 1. The second-order valence-electron chi connectivity index (χ2n) is 4.45. The van der Waals surface area contributed by atoms with Gasteiger partial charge in [-0.15, -0.1) is 0 Å². The summed E-state index contributed by atoms with van der Waals surface area (Å²) in [6.07, 6.45) is 3.35. The first-order chi connectivity index (χ1) is 9.13. The minimum Gasteiger partial charge on any atom is -0.462 e. The van der Waals surface area contributed by atoms with Gasteiger partial charge in [0.2, 0.25) is 0 Å². The highest BCUT2D eigenvalue weighted by atomic mass is 16.5. The second-order valence-corrected chi connectivity index (χ2v) is 4.45. The minimum absolute atomic E-state index is 0.121. The molecule has 2 heterocycles. The lowest BCUT2D eigenvalue weighted by Crippen LogP contribution is -2.12. The van der Waals surface area contributed by atoms with Crippen LogP contribution in [0.1, 0.15) is 42.7 Å². The van der Waals surface area contributed by atoms with Crippen LogP contribution in [0.5, 0.6) is 0 Å². The van der Waals surface area contributed by atoms with Crippen LogP contribution in [0.3, 0.4) is 0 Å². The van der Waals surface area contributed by atoms with Crippen LogP contribution in [0.15, 0.2) is 24.5 Å². The molecule has 0 spiro atoms. The third-order valence-electron chi connectivity index (χ3n) is 2.70. The van der Waals surface area contributed by atoms with Crippen molar-refractivity contribution in [1.82, 2.24) is 15.0 Å². The zero-order valence-corrected chi connectivity index (χ0v) is 11.3. The number of ether oxygens (including phenoxy) is 1. The summed E-state index contributed by atoms with van der Waals surface area (Å²) in [7, 11) is 0. The van der Waals surface area contributed by atoms with E-state index in [9.17, 15) is 4.79 Å². The van der Waals surface area contributed by atoms with Gasteiger partial charge in [-0.3, -0.25) is 0 Å². The fourth-order valence-electron chi connectivity index (χ4n) is 1.80. The molecule has 0 aliphatic rings. The Morgan fingerprint density at radius 2 is 2.26 bits per heavy atom. The van der Waals surface area contributed by atoms with E-state index < -0.39 is 0 Å². The van der Waals surface area contributed by atoms with Crippen LogP contribution in [-0.2, 0) is 4.74 Å². The van der Waals surface area contributed by atoms with E-state index in [1.165, 1.54) is 6.20 Å². The molecule has 0 fully saturated rings. The van der Waals surface area contributed by atoms with Gasteiger partial charge in [-0.1, -0.05) is 13.8 Å². The van der Waals surface area contributed by atoms with Gasteiger partial charge in [0, 0.05) is 12.4 Å². The number of rotatable bonds is 4. The van der Waals surface area contributed by atoms with E-state index in [1.807, 2.05) is 32.2 Å². The highest BCUT2D eigenvalue weighted by Gasteiger charge is 2.18. The van der Waals surface area contributed by atoms with Crippen LogP contribution in [0, 0.1) is 0 Å². The lowest BCUT2D eigenvalue weighted by molar-refractivity contribution is 0.0523. The van der Waals surface area contributed by atoms with Crippen molar-refractivity contribution in [2.75, 3.05) is 6.61 Å². The van der Waals surface area contributed by atoms with Crippen molar-refractivity contribution in [2.24, 2.45) is 0 Å². The van der Waals surface area contributed by atoms with Crippen LogP contribution >= 0.6 is 0 Å². The lowest BCUT2D eigenvalue weighted by atomic mass is 10.1. The number of aromatic amines is 1. The number of carbonyl (C=O) groups excluding carboxylic acids is 1. The average molecular weight is 259 g/mol. The van der Waals surface area contributed by atoms with E-state index in [4.69, 9.17) is 4.74 Å². The molecule has 2 aromatic rings. The number of hydrogen-bond acceptors (Lipinski definition) is 4. The maximum Gasteiger partial charge on any atom is 0.341 e. The predicted molar refractivity (Wildman–Crippen MR) is 71.9 cm³/mol. The Bertz CT molecular complexity index is 562. The monoisotopic (exact) mass is 259 g/mol. The Morgan fingerprint density at radius 1 is 1.47 bits per heavy atom. The molecule has 100 valence electrons. The maximum absolute atomic E-state index is 11.9. The van der Waals surface area contributed by atoms with Gasteiger partial charge in [-0.05, 0) is 25.0 Å². The highest BCUT2D eigenvalue weighted by Crippen LogP contribution is 2.21. The topological polar surface area (TPSA) is 67.9 Å². The van der Waals surface area contributed by atoms with E-state index in [0.717, 1.165) is 5.69 Å². The molecule has 2 rings (SSSR count). The minimum atomic E-state index is -0.371. The molecule has 2 aromatic heterocycles. The molecular weight excluding hydrogens is 242 g/mol. The summed E-state index contributed by atoms with van der Waals surface area (Å²) in [4.78, 5) is 23.6. The average Bonchev–Trinajstić information content (AvgIpc) is 2.92. The Hall–Kier alpha value is -2.17. The molecule has 0 radical (unpaired) electrons. The fourth-order valence-corrected chi connectivity index (χ4v) is 1.80. The van der Waals surface area contributed by atoms with Crippen LogP contribution in [0.4, 0.5) is 0 Å². The van der Waals surface area contributed by atoms with Crippen LogP contribution < -0.4 is 0 Å². The summed E-state index contributed by atoms with van der Waals surface area (Å²) in [6, 6.07) is 3.77. The summed E-state index contributed by atoms with van der Waals surface area (Å²) >= 11 is 0. The van der Waals surface area contributed by atoms with Gasteiger partial charge in [0.05, 0.1) is 23.6 Å². The van der Waals surface area contributed by atoms with E-state index in [1.54, 1.807) is 6.92 Å². The number of aromatic nitrogens is 3. The molecule has 0 saturated carbocycles. The number of carbonyl (C=O) groups is 1. The molecule has 0 aliphatic heterocycles. The summed E-state index contributed by atoms with van der Waals surface area (Å²) < 4.78 is 5.02. The van der Waals surface area contributed by atoms with Crippen LogP contribution in [0.25, 0.3) is 11.5 Å². The van der Waals surface area contributed by atoms with E-state index in [2.05, 4.69) is 15.0 Å². The number of nitrogens with one attached hydrogen (secondary N) is 1. The van der Waals surface area contributed by atoms with Crippen molar-refractivity contribution in [1.29, 1.82) is 0 Å². The zero-order chi connectivity index (χ0) is 13.8. The van der Waals surface area contributed by atoms with Crippen molar-refractivity contribution >= 4 is 5.97 Å². The Labute approximate surface area is 112 Å². The van der Waals surface area contributed by atoms with Crippen molar-refractivity contribution in [3.8, 4) is 11.5 Å². The smallest absolute Gasteiger partial charge is 0.341 e. The molecule has 5 nitrogen and oxygen atoms in total. The summed E-state index contributed by atoms with van der Waals surface area (Å²) in [5.41, 5.74) is 1.97. The highest BCUT2D eigenvalue weighted by molar-refractivity contribution is 5.90. The number of esters is 1. The van der Waals surface area contributed by atoms with Gasteiger partial charge in [-0.25, -0.2) is 14.8 Å². The van der Waals surface area contributed by atoms with Gasteiger partial charge in [0.25, 0.3) is 0 Å². The normalized spacial score (nSPS) is 10.7. The molecule has 0 bridgehead atoms. The quantitative estimate of drug-likeness (QED) is 0.857. The summed E-state index contributed by atoms with van der Waals surface area (Å²) in [6.45, 7) is 6.10. The zero-order valence-electron chi connectivity index (χ0n) is 11.3.